The van der Waals surface area contributed by atoms with E-state index in [4.69, 9.17) is 14.6 Å². The third-order valence-corrected chi connectivity index (χ3v) is 2.18. The first-order chi connectivity index (χ1) is 6.81. The van der Waals surface area contributed by atoms with Gasteiger partial charge in [0.25, 0.3) is 0 Å². The van der Waals surface area contributed by atoms with Crippen LogP contribution in [0.5, 0.6) is 5.75 Å². The van der Waals surface area contributed by atoms with Crippen molar-refractivity contribution in [3.63, 3.8) is 0 Å². The highest BCUT2D eigenvalue weighted by molar-refractivity contribution is 5.29. The summed E-state index contributed by atoms with van der Waals surface area (Å²) in [5, 5.41) is 9.13. The van der Waals surface area contributed by atoms with E-state index < -0.39 is 0 Å². The summed E-state index contributed by atoms with van der Waals surface area (Å²) in [6.45, 7) is 0.628. The zero-order valence-electron chi connectivity index (χ0n) is 8.56. The van der Waals surface area contributed by atoms with Crippen molar-refractivity contribution in [1.82, 2.24) is 0 Å². The van der Waals surface area contributed by atoms with Gasteiger partial charge in [0.15, 0.2) is 0 Å². The second-order valence-corrected chi connectivity index (χ2v) is 3.11. The van der Waals surface area contributed by atoms with E-state index in [0.717, 1.165) is 11.3 Å². The lowest BCUT2D eigenvalue weighted by Crippen LogP contribution is -2.10. The lowest BCUT2D eigenvalue weighted by molar-refractivity contribution is 0.144. The molecule has 0 amide bonds. The fraction of sp³-hybridized carbons (Fsp3) is 0.455. The van der Waals surface area contributed by atoms with Gasteiger partial charge in [-0.3, -0.25) is 0 Å². The molecule has 3 nitrogen and oxygen atoms in total. The third kappa shape index (κ3) is 2.72. The van der Waals surface area contributed by atoms with Gasteiger partial charge in [0.05, 0.1) is 20.3 Å². The minimum absolute atomic E-state index is 0.0471. The van der Waals surface area contributed by atoms with Gasteiger partial charge in [0.2, 0.25) is 0 Å². The highest BCUT2D eigenvalue weighted by Gasteiger charge is 2.09. The Hall–Kier alpha value is -1.06. The summed E-state index contributed by atoms with van der Waals surface area (Å²) in [4.78, 5) is 0. The number of rotatable bonds is 5. The lowest BCUT2D eigenvalue weighted by atomic mass is 10.0. The van der Waals surface area contributed by atoms with Gasteiger partial charge in [-0.2, -0.15) is 0 Å². The molecule has 0 spiro atoms. The average molecular weight is 196 g/mol. The molecule has 3 heteroatoms. The summed E-state index contributed by atoms with van der Waals surface area (Å²) in [6.07, 6.45) is 0. The normalized spacial score (nSPS) is 12.5. The Balaban J connectivity index is 2.73. The maximum atomic E-state index is 9.13. The first kappa shape index (κ1) is 11.0. The van der Waals surface area contributed by atoms with Crippen molar-refractivity contribution in [2.75, 3.05) is 27.4 Å². The number of hydrogen-bond donors (Lipinski definition) is 1. The Kier molecular flexibility index (Phi) is 4.43. The molecule has 0 heterocycles. The van der Waals surface area contributed by atoms with Crippen LogP contribution < -0.4 is 4.74 Å². The number of ether oxygens (including phenoxy) is 2. The van der Waals surface area contributed by atoms with E-state index >= 15 is 0 Å². The number of methoxy groups -OCH3 is 2. The van der Waals surface area contributed by atoms with Crippen molar-refractivity contribution in [3.8, 4) is 5.75 Å². The van der Waals surface area contributed by atoms with Gasteiger partial charge in [-0.05, 0) is 17.7 Å². The predicted octanol–water partition coefficient (Wildman–Crippen LogP) is 1.42. The minimum atomic E-state index is 0.0471. The molecular formula is C11H16O3. The monoisotopic (exact) mass is 196 g/mol. The molecular weight excluding hydrogens is 180 g/mol. The molecule has 1 atom stereocenters. The fourth-order valence-electron chi connectivity index (χ4n) is 1.33. The molecule has 0 aromatic heterocycles. The number of hydrogen-bond acceptors (Lipinski definition) is 3. The summed E-state index contributed by atoms with van der Waals surface area (Å²) in [5.41, 5.74) is 1.06. The third-order valence-electron chi connectivity index (χ3n) is 2.18. The predicted molar refractivity (Wildman–Crippen MR) is 54.7 cm³/mol. The molecule has 0 fully saturated rings. The van der Waals surface area contributed by atoms with E-state index in [9.17, 15) is 0 Å². The summed E-state index contributed by atoms with van der Waals surface area (Å²) >= 11 is 0. The van der Waals surface area contributed by atoms with E-state index in [0.29, 0.717) is 6.61 Å². The van der Waals surface area contributed by atoms with Gasteiger partial charge >= 0.3 is 0 Å². The molecule has 14 heavy (non-hydrogen) atoms. The Morgan fingerprint density at radius 3 is 2.29 bits per heavy atom. The Bertz CT molecular complexity index is 256. The molecule has 0 aliphatic rings. The second-order valence-electron chi connectivity index (χ2n) is 3.11. The number of benzene rings is 1. The second kappa shape index (κ2) is 5.62. The molecule has 78 valence electrons. The molecule has 0 bridgehead atoms. The average Bonchev–Trinajstić information content (AvgIpc) is 2.26. The van der Waals surface area contributed by atoms with Crippen molar-refractivity contribution in [1.29, 1.82) is 0 Å². The van der Waals surface area contributed by atoms with Crippen LogP contribution in [0.3, 0.4) is 0 Å². The molecule has 0 saturated carbocycles. The van der Waals surface area contributed by atoms with E-state index in [1.54, 1.807) is 14.2 Å². The van der Waals surface area contributed by atoms with E-state index in [2.05, 4.69) is 0 Å². The largest absolute Gasteiger partial charge is 0.497 e. The molecule has 1 aromatic rings. The Morgan fingerprint density at radius 2 is 1.86 bits per heavy atom. The molecule has 0 radical (unpaired) electrons. The van der Waals surface area contributed by atoms with E-state index in [-0.39, 0.29) is 12.5 Å². The summed E-state index contributed by atoms with van der Waals surface area (Å²) < 4.78 is 10.1. The molecule has 1 N–H and O–H groups in total. The van der Waals surface area contributed by atoms with E-state index in [1.807, 2.05) is 24.3 Å². The SMILES string of the molecule is COCC(CO)c1ccc(OC)cc1. The molecule has 1 unspecified atom stereocenters. The highest BCUT2D eigenvalue weighted by atomic mass is 16.5. The zero-order chi connectivity index (χ0) is 10.4. The van der Waals surface area contributed by atoms with Crippen molar-refractivity contribution in [2.24, 2.45) is 0 Å². The van der Waals surface area contributed by atoms with Crippen molar-refractivity contribution in [2.45, 2.75) is 5.92 Å². The van der Waals surface area contributed by atoms with Crippen LogP contribution in [0.2, 0.25) is 0 Å². The van der Waals surface area contributed by atoms with Gasteiger partial charge in [0.1, 0.15) is 5.75 Å². The quantitative estimate of drug-likeness (QED) is 0.774. The van der Waals surface area contributed by atoms with Crippen LogP contribution in [0.15, 0.2) is 24.3 Å². The fourth-order valence-corrected chi connectivity index (χ4v) is 1.33. The van der Waals surface area contributed by atoms with Gasteiger partial charge in [-0.1, -0.05) is 12.1 Å². The number of aliphatic hydroxyl groups excluding tert-OH is 1. The van der Waals surface area contributed by atoms with Crippen LogP contribution in [0.1, 0.15) is 11.5 Å². The molecule has 0 saturated heterocycles. The van der Waals surface area contributed by atoms with Crippen LogP contribution >= 0.6 is 0 Å². The minimum Gasteiger partial charge on any atom is -0.497 e. The standard InChI is InChI=1S/C11H16O3/c1-13-8-10(7-12)9-3-5-11(14-2)6-4-9/h3-6,10,12H,7-8H2,1-2H3. The zero-order valence-corrected chi connectivity index (χ0v) is 8.56. The van der Waals surface area contributed by atoms with Crippen LogP contribution in [0.4, 0.5) is 0 Å². The first-order valence-electron chi connectivity index (χ1n) is 4.55. The summed E-state index contributed by atoms with van der Waals surface area (Å²) in [5.74, 6) is 0.869. The maximum Gasteiger partial charge on any atom is 0.118 e. The summed E-state index contributed by atoms with van der Waals surface area (Å²) in [6, 6.07) is 7.65. The first-order valence-corrected chi connectivity index (χ1v) is 4.55. The lowest BCUT2D eigenvalue weighted by Gasteiger charge is -2.13. The number of aliphatic hydroxyl groups is 1. The Labute approximate surface area is 84.3 Å². The van der Waals surface area contributed by atoms with Gasteiger partial charge in [-0.15, -0.1) is 0 Å². The van der Waals surface area contributed by atoms with E-state index in [1.165, 1.54) is 0 Å². The summed E-state index contributed by atoms with van der Waals surface area (Å²) in [7, 11) is 3.26. The molecule has 1 rings (SSSR count). The van der Waals surface area contributed by atoms with Crippen molar-refractivity contribution < 1.29 is 14.6 Å². The van der Waals surface area contributed by atoms with Crippen molar-refractivity contribution in [3.05, 3.63) is 29.8 Å². The molecule has 1 aromatic carbocycles. The van der Waals surface area contributed by atoms with Gasteiger partial charge < -0.3 is 14.6 Å². The molecule has 0 aliphatic carbocycles. The van der Waals surface area contributed by atoms with Crippen LogP contribution in [-0.4, -0.2) is 32.5 Å². The van der Waals surface area contributed by atoms with Crippen molar-refractivity contribution >= 4 is 0 Å². The van der Waals surface area contributed by atoms with Gasteiger partial charge in [0, 0.05) is 13.0 Å². The maximum absolute atomic E-state index is 9.13. The smallest absolute Gasteiger partial charge is 0.118 e. The topological polar surface area (TPSA) is 38.7 Å². The molecule has 0 aliphatic heterocycles. The Morgan fingerprint density at radius 1 is 1.21 bits per heavy atom. The van der Waals surface area contributed by atoms with Gasteiger partial charge in [-0.25, -0.2) is 0 Å². The van der Waals surface area contributed by atoms with Crippen LogP contribution in [-0.2, 0) is 4.74 Å². The van der Waals surface area contributed by atoms with Crippen LogP contribution in [0, 0.1) is 0 Å². The highest BCUT2D eigenvalue weighted by Crippen LogP contribution is 2.19. The van der Waals surface area contributed by atoms with Crippen LogP contribution in [0.25, 0.3) is 0 Å².